The number of ether oxygens (including phenoxy) is 1. The molecule has 19 heavy (non-hydrogen) atoms. The van der Waals surface area contributed by atoms with E-state index in [1.165, 1.54) is 0 Å². The lowest BCUT2D eigenvalue weighted by Crippen LogP contribution is -1.99. The topological polar surface area (TPSA) is 59.4 Å². The molecule has 1 aromatic heterocycles. The van der Waals surface area contributed by atoms with E-state index in [1.807, 2.05) is 32.0 Å². The minimum atomic E-state index is -0.774. The first-order valence-electron chi connectivity index (χ1n) is 6.34. The number of carboxylic acids is 1. The van der Waals surface area contributed by atoms with E-state index in [9.17, 15) is 4.79 Å². The number of aryl methyl sites for hydroxylation is 2. The Bertz CT molecular complexity index is 608. The lowest BCUT2D eigenvalue weighted by atomic mass is 10.00. The van der Waals surface area contributed by atoms with E-state index >= 15 is 0 Å². The third kappa shape index (κ3) is 3.22. The fourth-order valence-electron chi connectivity index (χ4n) is 2.07. The van der Waals surface area contributed by atoms with Crippen molar-refractivity contribution < 1.29 is 14.6 Å². The molecule has 4 heteroatoms. The summed E-state index contributed by atoms with van der Waals surface area (Å²) in [5.74, 6) is -0.174. The van der Waals surface area contributed by atoms with Crippen LogP contribution in [0.3, 0.4) is 0 Å². The van der Waals surface area contributed by atoms with Gasteiger partial charge in [0.05, 0.1) is 6.61 Å². The van der Waals surface area contributed by atoms with Crippen LogP contribution in [-0.4, -0.2) is 22.7 Å². The van der Waals surface area contributed by atoms with Crippen molar-refractivity contribution >= 4 is 16.7 Å². The number of aliphatic carboxylic acids is 1. The zero-order valence-corrected chi connectivity index (χ0v) is 11.1. The third-order valence-corrected chi connectivity index (χ3v) is 3.05. The van der Waals surface area contributed by atoms with Gasteiger partial charge in [-0.25, -0.2) is 4.98 Å². The van der Waals surface area contributed by atoms with Gasteiger partial charge in [0, 0.05) is 24.1 Å². The van der Waals surface area contributed by atoms with Crippen LogP contribution in [0.4, 0.5) is 0 Å². The van der Waals surface area contributed by atoms with Crippen LogP contribution in [0.15, 0.2) is 24.4 Å². The highest BCUT2D eigenvalue weighted by atomic mass is 16.5. The maximum atomic E-state index is 10.7. The number of nitrogens with zero attached hydrogens (tertiary/aromatic N) is 1. The molecule has 0 aliphatic rings. The first-order valence-corrected chi connectivity index (χ1v) is 6.34. The van der Waals surface area contributed by atoms with Crippen molar-refractivity contribution in [3.05, 3.63) is 35.5 Å². The van der Waals surface area contributed by atoms with Gasteiger partial charge in [-0.1, -0.05) is 6.07 Å². The molecule has 0 amide bonds. The number of benzene rings is 1. The molecule has 2 rings (SSSR count). The van der Waals surface area contributed by atoms with Crippen molar-refractivity contribution in [3.8, 4) is 5.88 Å². The molecule has 1 heterocycles. The molecular weight excluding hydrogens is 242 g/mol. The first kappa shape index (κ1) is 13.3. The van der Waals surface area contributed by atoms with Gasteiger partial charge in [-0.3, -0.25) is 4.79 Å². The fraction of sp³-hybridized carbons (Fsp3) is 0.333. The predicted octanol–water partition coefficient (Wildman–Crippen LogP) is 2.96. The van der Waals surface area contributed by atoms with Crippen LogP contribution in [0, 0.1) is 6.92 Å². The van der Waals surface area contributed by atoms with Gasteiger partial charge in [-0.2, -0.15) is 0 Å². The van der Waals surface area contributed by atoms with Gasteiger partial charge in [0.2, 0.25) is 5.88 Å². The molecule has 1 N–H and O–H groups in total. The van der Waals surface area contributed by atoms with Crippen molar-refractivity contribution in [2.45, 2.75) is 26.7 Å². The van der Waals surface area contributed by atoms with Gasteiger partial charge in [0.1, 0.15) is 0 Å². The average Bonchev–Trinajstić information content (AvgIpc) is 2.37. The number of carbonyl (C=O) groups is 1. The van der Waals surface area contributed by atoms with Crippen LogP contribution in [0.1, 0.15) is 24.5 Å². The van der Waals surface area contributed by atoms with E-state index < -0.39 is 5.97 Å². The molecule has 0 bridgehead atoms. The van der Waals surface area contributed by atoms with Crippen molar-refractivity contribution in [1.29, 1.82) is 0 Å². The van der Waals surface area contributed by atoms with Crippen molar-refractivity contribution in [2.24, 2.45) is 0 Å². The van der Waals surface area contributed by atoms with Gasteiger partial charge in [-0.15, -0.1) is 0 Å². The molecule has 0 fully saturated rings. The summed E-state index contributed by atoms with van der Waals surface area (Å²) in [6.45, 7) is 4.49. The Morgan fingerprint density at radius 3 is 2.79 bits per heavy atom. The van der Waals surface area contributed by atoms with Gasteiger partial charge in [0.25, 0.3) is 0 Å². The van der Waals surface area contributed by atoms with Crippen LogP contribution in [0.5, 0.6) is 5.88 Å². The van der Waals surface area contributed by atoms with Crippen LogP contribution in [-0.2, 0) is 11.2 Å². The Labute approximate surface area is 112 Å². The summed E-state index contributed by atoms with van der Waals surface area (Å²) in [6, 6.07) is 5.95. The van der Waals surface area contributed by atoms with Gasteiger partial charge in [-0.05, 0) is 42.8 Å². The molecule has 1 aromatic carbocycles. The summed E-state index contributed by atoms with van der Waals surface area (Å²) < 4.78 is 5.38. The maximum absolute atomic E-state index is 10.7. The van der Waals surface area contributed by atoms with Gasteiger partial charge >= 0.3 is 5.97 Å². The van der Waals surface area contributed by atoms with Crippen LogP contribution in [0.2, 0.25) is 0 Å². The first-order chi connectivity index (χ1) is 9.10. The summed E-state index contributed by atoms with van der Waals surface area (Å²) in [7, 11) is 0. The molecule has 0 aliphatic carbocycles. The summed E-state index contributed by atoms with van der Waals surface area (Å²) in [5, 5.41) is 10.8. The predicted molar refractivity (Wildman–Crippen MR) is 73.6 cm³/mol. The molecule has 0 spiro atoms. The quantitative estimate of drug-likeness (QED) is 0.896. The van der Waals surface area contributed by atoms with Crippen LogP contribution < -0.4 is 4.74 Å². The summed E-state index contributed by atoms with van der Waals surface area (Å²) in [5.41, 5.74) is 2.16. The highest BCUT2D eigenvalue weighted by Gasteiger charge is 2.06. The Morgan fingerprint density at radius 1 is 1.32 bits per heavy atom. The molecule has 0 radical (unpaired) electrons. The average molecular weight is 259 g/mol. The monoisotopic (exact) mass is 259 g/mol. The second-order valence-corrected chi connectivity index (χ2v) is 4.48. The van der Waals surface area contributed by atoms with Crippen molar-refractivity contribution in [1.82, 2.24) is 4.98 Å². The van der Waals surface area contributed by atoms with Gasteiger partial charge in [0.15, 0.2) is 0 Å². The standard InChI is InChI=1S/C15H17NO3/c1-3-19-14-8-12-7-11(4-5-15(17)18)10(2)6-13(12)9-16-14/h6-9H,3-5H2,1-2H3,(H,17,18). The van der Waals surface area contributed by atoms with Crippen molar-refractivity contribution in [2.75, 3.05) is 6.61 Å². The van der Waals surface area contributed by atoms with Gasteiger partial charge < -0.3 is 9.84 Å². The zero-order valence-electron chi connectivity index (χ0n) is 11.1. The second-order valence-electron chi connectivity index (χ2n) is 4.48. The number of pyridine rings is 1. The van der Waals surface area contributed by atoms with Crippen LogP contribution >= 0.6 is 0 Å². The molecule has 4 nitrogen and oxygen atoms in total. The second kappa shape index (κ2) is 5.69. The molecule has 100 valence electrons. The maximum Gasteiger partial charge on any atom is 0.303 e. The number of carboxylic acid groups (broad SMARTS) is 1. The zero-order chi connectivity index (χ0) is 13.8. The summed E-state index contributed by atoms with van der Waals surface area (Å²) in [6.07, 6.45) is 2.48. The van der Waals surface area contributed by atoms with E-state index in [0.717, 1.165) is 21.9 Å². The lowest BCUT2D eigenvalue weighted by Gasteiger charge is -2.08. The van der Waals surface area contributed by atoms with E-state index in [-0.39, 0.29) is 6.42 Å². The Kier molecular flexibility index (Phi) is 4.00. The molecule has 0 aliphatic heterocycles. The minimum absolute atomic E-state index is 0.149. The molecule has 0 unspecified atom stereocenters. The SMILES string of the molecule is CCOc1cc2cc(CCC(=O)O)c(C)cc2cn1. The number of fused-ring (bicyclic) bond motifs is 1. The van der Waals surface area contributed by atoms with Crippen molar-refractivity contribution in [3.63, 3.8) is 0 Å². The largest absolute Gasteiger partial charge is 0.481 e. The number of hydrogen-bond acceptors (Lipinski definition) is 3. The van der Waals surface area contributed by atoms with E-state index in [2.05, 4.69) is 4.98 Å². The Morgan fingerprint density at radius 2 is 2.11 bits per heavy atom. The normalized spacial score (nSPS) is 10.6. The molecule has 0 atom stereocenters. The highest BCUT2D eigenvalue weighted by molar-refractivity contribution is 5.84. The Balaban J connectivity index is 2.37. The fourth-order valence-corrected chi connectivity index (χ4v) is 2.07. The Hall–Kier alpha value is -2.10. The molecule has 0 saturated carbocycles. The highest BCUT2D eigenvalue weighted by Crippen LogP contribution is 2.23. The van der Waals surface area contributed by atoms with Crippen LogP contribution in [0.25, 0.3) is 10.8 Å². The third-order valence-electron chi connectivity index (χ3n) is 3.05. The molecular formula is C15H17NO3. The number of rotatable bonds is 5. The van der Waals surface area contributed by atoms with E-state index in [1.54, 1.807) is 6.20 Å². The smallest absolute Gasteiger partial charge is 0.303 e. The number of aromatic nitrogens is 1. The summed E-state index contributed by atoms with van der Waals surface area (Å²) >= 11 is 0. The van der Waals surface area contributed by atoms with E-state index in [4.69, 9.17) is 9.84 Å². The number of hydrogen-bond donors (Lipinski definition) is 1. The minimum Gasteiger partial charge on any atom is -0.481 e. The molecule has 2 aromatic rings. The molecule has 0 saturated heterocycles. The van der Waals surface area contributed by atoms with E-state index in [0.29, 0.717) is 18.9 Å². The lowest BCUT2D eigenvalue weighted by molar-refractivity contribution is -0.136. The summed E-state index contributed by atoms with van der Waals surface area (Å²) in [4.78, 5) is 14.9.